The van der Waals surface area contributed by atoms with Gasteiger partial charge in [-0.25, -0.2) is 0 Å². The fraction of sp³-hybridized carbons (Fsp3) is 0.595. The zero-order valence-electron chi connectivity index (χ0n) is 31.1. The molecule has 288 valence electrons. The van der Waals surface area contributed by atoms with Crippen LogP contribution in [0, 0.1) is 11.3 Å². The van der Waals surface area contributed by atoms with E-state index in [4.69, 9.17) is 28.5 Å². The predicted molar refractivity (Wildman–Crippen MR) is 193 cm³/mol. The van der Waals surface area contributed by atoms with E-state index in [1.807, 2.05) is 36.4 Å². The molecule has 10 atom stereocenters. The van der Waals surface area contributed by atoms with Gasteiger partial charge in [-0.15, -0.1) is 0 Å². The third-order valence-electron chi connectivity index (χ3n) is 12.3. The second-order valence-corrected chi connectivity index (χ2v) is 17.3. The third-order valence-corrected chi connectivity index (χ3v) is 12.3. The van der Waals surface area contributed by atoms with Crippen LogP contribution in [0.5, 0.6) is 0 Å². The molecule has 12 nitrogen and oxygen atoms in total. The van der Waals surface area contributed by atoms with Crippen LogP contribution in [0.15, 0.2) is 54.6 Å². The number of aliphatic hydroxyl groups is 1. The molecule has 9 rings (SSSR count). The number of esters is 2. The summed E-state index contributed by atoms with van der Waals surface area (Å²) in [5.41, 5.74) is 2.17. The first-order valence-corrected chi connectivity index (χ1v) is 19.5. The third kappa shape index (κ3) is 6.58. The number of fused-ring (bicyclic) bond motifs is 6. The Morgan fingerprint density at radius 1 is 1.02 bits per heavy atom. The maximum absolute atomic E-state index is 14.8. The highest BCUT2D eigenvalue weighted by molar-refractivity contribution is 5.93. The molecule has 4 heterocycles. The number of rotatable bonds is 10. The lowest BCUT2D eigenvalue weighted by atomic mass is 9.62. The summed E-state index contributed by atoms with van der Waals surface area (Å²) < 4.78 is 30.9. The Balaban J connectivity index is 0.972. The van der Waals surface area contributed by atoms with Crippen molar-refractivity contribution in [2.45, 2.75) is 139 Å². The van der Waals surface area contributed by atoms with E-state index < -0.39 is 77.8 Å². The van der Waals surface area contributed by atoms with Crippen LogP contribution in [0.4, 0.5) is 0 Å². The van der Waals surface area contributed by atoms with Crippen LogP contribution >= 0.6 is 0 Å². The minimum absolute atomic E-state index is 0.00188. The normalized spacial score (nSPS) is 34.9. The Kier molecular flexibility index (Phi) is 9.02. The highest BCUT2D eigenvalue weighted by atomic mass is 16.8. The summed E-state index contributed by atoms with van der Waals surface area (Å²) in [7, 11) is 0. The average Bonchev–Trinajstić information content (AvgIpc) is 3.48. The lowest BCUT2D eigenvalue weighted by Crippen LogP contribution is -2.70. The molecule has 3 aliphatic carbocycles. The molecule has 4 saturated heterocycles. The molecule has 1 spiro atoms. The van der Waals surface area contributed by atoms with Gasteiger partial charge < -0.3 is 34.1 Å². The molecule has 2 aromatic carbocycles. The van der Waals surface area contributed by atoms with E-state index in [0.717, 1.165) is 41.5 Å². The van der Waals surface area contributed by atoms with Gasteiger partial charge in [0.25, 0.3) is 0 Å². The van der Waals surface area contributed by atoms with Crippen LogP contribution in [-0.4, -0.2) is 94.7 Å². The molecule has 12 heteroatoms. The topological polar surface area (TPSA) is 145 Å². The smallest absolute Gasteiger partial charge is 0.327 e. The fourth-order valence-electron chi connectivity index (χ4n) is 9.74. The number of carbonyl (C=O) groups excluding carboxylic acids is 3. The van der Waals surface area contributed by atoms with Crippen molar-refractivity contribution in [3.05, 3.63) is 76.9 Å². The predicted octanol–water partition coefficient (Wildman–Crippen LogP) is 3.95. The van der Waals surface area contributed by atoms with Crippen LogP contribution in [0.2, 0.25) is 0 Å². The van der Waals surface area contributed by atoms with Gasteiger partial charge in [0, 0.05) is 25.7 Å². The van der Waals surface area contributed by atoms with Crippen LogP contribution in [-0.2, 0) is 62.3 Å². The van der Waals surface area contributed by atoms with E-state index >= 15 is 0 Å². The zero-order chi connectivity index (χ0) is 37.4. The van der Waals surface area contributed by atoms with Gasteiger partial charge in [-0.1, -0.05) is 60.7 Å². The molecule has 2 bridgehead atoms. The molecule has 2 saturated carbocycles. The second kappa shape index (κ2) is 13.5. The van der Waals surface area contributed by atoms with Crippen molar-refractivity contribution in [1.29, 1.82) is 0 Å². The van der Waals surface area contributed by atoms with E-state index in [9.17, 15) is 19.5 Å². The standard InChI is InChI=1S/C42H50N2O10/c1-40(2,3)51-33(46)17-15-29(23-45)43-39(48)42-21-32-34-35(53-41(52-34)19-27-6-4-5-7-28(27)20-41)37(42)54-44(36(42)38(47)50-32)22-26-12-9-24(10-13-26)8-11-25-14-16-30-31(18-25)49-30/h4-13,25,29-32,34-37,45H,14-23H2,1-3H3,(H,43,48)/t25?,29-,30?,31?,32+,34-,35-,36-,37+,42-/m0/s1. The van der Waals surface area contributed by atoms with Gasteiger partial charge >= 0.3 is 11.9 Å². The minimum Gasteiger partial charge on any atom is -0.460 e. The number of ether oxygens (including phenoxy) is 5. The Hall–Kier alpha value is -3.65. The SMILES string of the molecule is CC(C)(C)OC(=O)CC[C@@H](CO)NC(=O)[C@@]12C[C@H]3OC(=O)[C@@H]1N(Cc1ccc(C=CC4CCC5OC5C4)cc1)O[C@@H]2[C@H]1OC2(Cc4ccccc4C2)O[C@H]13. The van der Waals surface area contributed by atoms with E-state index in [2.05, 4.69) is 29.6 Å². The lowest BCUT2D eigenvalue weighted by Gasteiger charge is -2.49. The first kappa shape index (κ1) is 36.0. The lowest BCUT2D eigenvalue weighted by molar-refractivity contribution is -0.217. The Labute approximate surface area is 315 Å². The average molecular weight is 743 g/mol. The van der Waals surface area contributed by atoms with Crippen molar-refractivity contribution in [3.63, 3.8) is 0 Å². The van der Waals surface area contributed by atoms with Gasteiger partial charge in [0.1, 0.15) is 35.4 Å². The van der Waals surface area contributed by atoms with Crippen molar-refractivity contribution >= 4 is 23.9 Å². The second-order valence-electron chi connectivity index (χ2n) is 17.3. The van der Waals surface area contributed by atoms with Gasteiger partial charge in [-0.2, -0.15) is 5.06 Å². The number of allylic oxidation sites excluding steroid dienone is 1. The van der Waals surface area contributed by atoms with Gasteiger partial charge in [0.05, 0.1) is 31.4 Å². The number of epoxide rings is 1. The molecule has 4 aliphatic heterocycles. The number of nitrogens with one attached hydrogen (secondary N) is 1. The van der Waals surface area contributed by atoms with E-state index in [-0.39, 0.29) is 25.8 Å². The molecular weight excluding hydrogens is 692 g/mol. The molecule has 6 fully saturated rings. The summed E-state index contributed by atoms with van der Waals surface area (Å²) in [5.74, 6) is -1.89. The van der Waals surface area contributed by atoms with Gasteiger partial charge in [-0.3, -0.25) is 19.2 Å². The van der Waals surface area contributed by atoms with Crippen LogP contribution < -0.4 is 5.32 Å². The van der Waals surface area contributed by atoms with Gasteiger partial charge in [0.2, 0.25) is 5.91 Å². The summed E-state index contributed by atoms with van der Waals surface area (Å²) in [6, 6.07) is 14.4. The molecule has 7 aliphatic rings. The van der Waals surface area contributed by atoms with Crippen LogP contribution in [0.3, 0.4) is 0 Å². The summed E-state index contributed by atoms with van der Waals surface area (Å²) in [4.78, 5) is 48.2. The quantitative estimate of drug-likeness (QED) is 0.270. The van der Waals surface area contributed by atoms with E-state index in [0.29, 0.717) is 31.0 Å². The van der Waals surface area contributed by atoms with Crippen molar-refractivity contribution in [1.82, 2.24) is 10.4 Å². The number of hydrogen-bond donors (Lipinski definition) is 2. The van der Waals surface area contributed by atoms with Crippen molar-refractivity contribution < 1.29 is 48.0 Å². The Bertz CT molecular complexity index is 1800. The molecule has 2 N–H and O–H groups in total. The zero-order valence-corrected chi connectivity index (χ0v) is 31.1. The molecule has 1 amide bonds. The number of benzene rings is 2. The van der Waals surface area contributed by atoms with Gasteiger partial charge in [-0.05, 0) is 74.6 Å². The van der Waals surface area contributed by atoms with Crippen LogP contribution in [0.25, 0.3) is 6.08 Å². The van der Waals surface area contributed by atoms with Crippen molar-refractivity contribution in [3.8, 4) is 0 Å². The maximum Gasteiger partial charge on any atom is 0.327 e. The highest BCUT2D eigenvalue weighted by Gasteiger charge is 2.76. The molecular formula is C42H50N2O10. The van der Waals surface area contributed by atoms with E-state index in [1.165, 1.54) is 0 Å². The van der Waals surface area contributed by atoms with E-state index in [1.54, 1.807) is 25.8 Å². The molecule has 0 aromatic heterocycles. The fourth-order valence-corrected chi connectivity index (χ4v) is 9.74. The summed E-state index contributed by atoms with van der Waals surface area (Å²) in [6.07, 6.45) is 7.10. The molecule has 3 unspecified atom stereocenters. The minimum atomic E-state index is -1.41. The number of hydroxylamine groups is 2. The van der Waals surface area contributed by atoms with Crippen molar-refractivity contribution in [2.75, 3.05) is 6.61 Å². The van der Waals surface area contributed by atoms with Crippen LogP contribution in [0.1, 0.15) is 81.5 Å². The first-order chi connectivity index (χ1) is 25.9. The largest absolute Gasteiger partial charge is 0.460 e. The summed E-state index contributed by atoms with van der Waals surface area (Å²) in [5, 5.41) is 14.9. The Morgan fingerprint density at radius 3 is 2.46 bits per heavy atom. The Morgan fingerprint density at radius 2 is 1.76 bits per heavy atom. The molecule has 2 aromatic rings. The van der Waals surface area contributed by atoms with Crippen molar-refractivity contribution in [2.24, 2.45) is 11.3 Å². The summed E-state index contributed by atoms with van der Waals surface area (Å²) in [6.45, 7) is 5.19. The number of amides is 1. The first-order valence-electron chi connectivity index (χ1n) is 19.5. The number of aliphatic hydroxyl groups excluding tert-OH is 1. The molecule has 0 radical (unpaired) electrons. The monoisotopic (exact) mass is 742 g/mol. The van der Waals surface area contributed by atoms with Gasteiger partial charge in [0.15, 0.2) is 11.8 Å². The molecule has 54 heavy (non-hydrogen) atoms. The summed E-state index contributed by atoms with van der Waals surface area (Å²) >= 11 is 0. The highest BCUT2D eigenvalue weighted by Crippen LogP contribution is 2.58. The number of carbonyl (C=O) groups is 3. The number of hydrogen-bond acceptors (Lipinski definition) is 11. The maximum atomic E-state index is 14.8. The number of nitrogens with zero attached hydrogens (tertiary/aromatic N) is 1.